The Morgan fingerprint density at radius 1 is 1.19 bits per heavy atom. The van der Waals surface area contributed by atoms with Gasteiger partial charge >= 0.3 is 0 Å². The number of fused-ring (bicyclic) bond motifs is 5. The van der Waals surface area contributed by atoms with E-state index >= 15 is 0 Å². The Kier molecular flexibility index (Phi) is 3.07. The first-order chi connectivity index (χ1) is 10.1. The van der Waals surface area contributed by atoms with Crippen LogP contribution < -0.4 is 0 Å². The van der Waals surface area contributed by atoms with Crippen LogP contribution in [0.15, 0.2) is 18.2 Å². The van der Waals surface area contributed by atoms with E-state index in [9.17, 15) is 10.1 Å². The van der Waals surface area contributed by atoms with Gasteiger partial charge in [0.25, 0.3) is 0 Å². The molecule has 0 N–H and O–H groups in total. The van der Waals surface area contributed by atoms with Crippen molar-refractivity contribution in [1.82, 2.24) is 0 Å². The molecule has 3 fully saturated rings. The highest BCUT2D eigenvalue weighted by molar-refractivity contribution is 6.42. The molecule has 0 spiro atoms. The number of hydrogen-bond acceptors (Lipinski definition) is 2. The molecule has 3 aliphatic rings. The molecule has 0 radical (unpaired) electrons. The summed E-state index contributed by atoms with van der Waals surface area (Å²) in [6.07, 6.45) is 3.86. The lowest BCUT2D eigenvalue weighted by atomic mass is 9.89. The van der Waals surface area contributed by atoms with Gasteiger partial charge in [0.2, 0.25) is 0 Å². The second-order valence-corrected chi connectivity index (χ2v) is 7.47. The number of benzene rings is 1. The van der Waals surface area contributed by atoms with Crippen LogP contribution in [0.25, 0.3) is 0 Å². The minimum absolute atomic E-state index is 0.0995. The predicted molar refractivity (Wildman–Crippen MR) is 81.1 cm³/mol. The highest BCUT2D eigenvalue weighted by Gasteiger charge is 2.67. The van der Waals surface area contributed by atoms with E-state index in [2.05, 4.69) is 6.07 Å². The molecule has 0 aliphatic heterocycles. The zero-order valence-corrected chi connectivity index (χ0v) is 12.9. The second kappa shape index (κ2) is 4.73. The normalized spacial score (nSPS) is 36.9. The van der Waals surface area contributed by atoms with Crippen molar-refractivity contribution in [2.45, 2.75) is 25.2 Å². The SMILES string of the molecule is N#CC(C(=O)C1C2C3CCC(C3)C12)c1ccc(Cl)c(Cl)c1. The quantitative estimate of drug-likeness (QED) is 0.825. The first-order valence-corrected chi connectivity index (χ1v) is 8.25. The first kappa shape index (κ1) is 13.6. The molecule has 0 heterocycles. The van der Waals surface area contributed by atoms with E-state index < -0.39 is 5.92 Å². The summed E-state index contributed by atoms with van der Waals surface area (Å²) >= 11 is 11.9. The van der Waals surface area contributed by atoms with Gasteiger partial charge in [-0.3, -0.25) is 4.79 Å². The van der Waals surface area contributed by atoms with Crippen LogP contribution in [0.5, 0.6) is 0 Å². The van der Waals surface area contributed by atoms with Gasteiger partial charge in [0.1, 0.15) is 5.92 Å². The van der Waals surface area contributed by atoms with Gasteiger partial charge in [0, 0.05) is 5.92 Å². The summed E-state index contributed by atoms with van der Waals surface area (Å²) in [7, 11) is 0. The number of carbonyl (C=O) groups excluding carboxylic acids is 1. The molecule has 2 bridgehead atoms. The number of ketones is 1. The van der Waals surface area contributed by atoms with Gasteiger partial charge in [-0.25, -0.2) is 0 Å². The molecule has 4 rings (SSSR count). The van der Waals surface area contributed by atoms with E-state index in [1.54, 1.807) is 18.2 Å². The number of halogens is 2. The molecule has 21 heavy (non-hydrogen) atoms. The van der Waals surface area contributed by atoms with Crippen LogP contribution in [0.4, 0.5) is 0 Å². The molecule has 4 heteroatoms. The lowest BCUT2D eigenvalue weighted by Gasteiger charge is -2.13. The average molecular weight is 320 g/mol. The van der Waals surface area contributed by atoms with Crippen molar-refractivity contribution in [3.63, 3.8) is 0 Å². The van der Waals surface area contributed by atoms with E-state index in [-0.39, 0.29) is 11.7 Å². The summed E-state index contributed by atoms with van der Waals surface area (Å²) in [4.78, 5) is 12.8. The summed E-state index contributed by atoms with van der Waals surface area (Å²) in [5, 5.41) is 10.3. The summed E-state index contributed by atoms with van der Waals surface area (Å²) in [5.74, 6) is 2.13. The Bertz CT molecular complexity index is 649. The summed E-state index contributed by atoms with van der Waals surface area (Å²) in [6, 6.07) is 7.23. The van der Waals surface area contributed by atoms with Crippen molar-refractivity contribution in [2.24, 2.45) is 29.6 Å². The average Bonchev–Trinajstić information content (AvgIpc) is 2.91. The summed E-state index contributed by atoms with van der Waals surface area (Å²) in [6.45, 7) is 0. The first-order valence-electron chi connectivity index (χ1n) is 7.50. The van der Waals surface area contributed by atoms with Crippen LogP contribution in [0.1, 0.15) is 30.7 Å². The zero-order chi connectivity index (χ0) is 14.7. The Balaban J connectivity index is 1.58. The van der Waals surface area contributed by atoms with Gasteiger partial charge < -0.3 is 0 Å². The minimum Gasteiger partial charge on any atom is -0.298 e. The van der Waals surface area contributed by atoms with Gasteiger partial charge in [0.05, 0.1) is 16.1 Å². The number of rotatable bonds is 3. The van der Waals surface area contributed by atoms with Crippen molar-refractivity contribution in [3.05, 3.63) is 33.8 Å². The van der Waals surface area contributed by atoms with Crippen LogP contribution in [0.3, 0.4) is 0 Å². The van der Waals surface area contributed by atoms with E-state index in [0.29, 0.717) is 27.4 Å². The molecule has 3 saturated carbocycles. The predicted octanol–water partition coefficient (Wildman–Crippen LogP) is 4.46. The molecule has 1 aromatic carbocycles. The molecule has 108 valence electrons. The smallest absolute Gasteiger partial charge is 0.158 e. The molecule has 0 aromatic heterocycles. The Morgan fingerprint density at radius 2 is 1.86 bits per heavy atom. The lowest BCUT2D eigenvalue weighted by Crippen LogP contribution is -2.17. The third-order valence-corrected chi connectivity index (χ3v) is 6.49. The molecule has 2 nitrogen and oxygen atoms in total. The largest absolute Gasteiger partial charge is 0.298 e. The molecule has 0 amide bonds. The molecular weight excluding hydrogens is 305 g/mol. The third kappa shape index (κ3) is 1.94. The summed E-state index contributed by atoms with van der Waals surface area (Å²) in [5.41, 5.74) is 0.675. The minimum atomic E-state index is -0.699. The number of hydrogen-bond donors (Lipinski definition) is 0. The third-order valence-electron chi connectivity index (χ3n) is 5.75. The van der Waals surface area contributed by atoms with Crippen molar-refractivity contribution in [1.29, 1.82) is 5.26 Å². The van der Waals surface area contributed by atoms with Crippen LogP contribution in [0, 0.1) is 40.9 Å². The number of carbonyl (C=O) groups is 1. The van der Waals surface area contributed by atoms with E-state index in [0.717, 1.165) is 11.8 Å². The van der Waals surface area contributed by atoms with Crippen molar-refractivity contribution < 1.29 is 4.79 Å². The van der Waals surface area contributed by atoms with Crippen LogP contribution in [-0.4, -0.2) is 5.78 Å². The highest BCUT2D eigenvalue weighted by atomic mass is 35.5. The standard InChI is InChI=1S/C17H15Cl2NO/c18-12-4-3-8(6-13(12)19)11(7-20)17(21)16-14-9-1-2-10(5-9)15(14)16/h3-4,6,9-11,14-16H,1-2,5H2. The molecular formula is C17H15Cl2NO. The van der Waals surface area contributed by atoms with Gasteiger partial charge in [-0.05, 0) is 60.6 Å². The summed E-state index contributed by atoms with van der Waals surface area (Å²) < 4.78 is 0. The maximum atomic E-state index is 12.8. The van der Waals surface area contributed by atoms with E-state index in [4.69, 9.17) is 23.2 Å². The Labute approximate surface area is 134 Å². The number of nitrogens with zero attached hydrogens (tertiary/aromatic N) is 1. The fourth-order valence-electron chi connectivity index (χ4n) is 4.89. The van der Waals surface area contributed by atoms with E-state index in [1.807, 2.05) is 0 Å². The maximum absolute atomic E-state index is 12.8. The van der Waals surface area contributed by atoms with E-state index in [1.165, 1.54) is 19.3 Å². The maximum Gasteiger partial charge on any atom is 0.158 e. The molecule has 3 aliphatic carbocycles. The number of Topliss-reactive ketones (excluding diaryl/α,β-unsaturated/α-hetero) is 1. The second-order valence-electron chi connectivity index (χ2n) is 6.65. The van der Waals surface area contributed by atoms with Gasteiger partial charge in [-0.15, -0.1) is 0 Å². The fraction of sp³-hybridized carbons (Fsp3) is 0.529. The monoisotopic (exact) mass is 319 g/mol. The highest BCUT2D eigenvalue weighted by Crippen LogP contribution is 2.70. The lowest BCUT2D eigenvalue weighted by molar-refractivity contribution is -0.121. The van der Waals surface area contributed by atoms with Gasteiger partial charge in [0.15, 0.2) is 5.78 Å². The topological polar surface area (TPSA) is 40.9 Å². The van der Waals surface area contributed by atoms with Crippen molar-refractivity contribution in [3.8, 4) is 6.07 Å². The van der Waals surface area contributed by atoms with Gasteiger partial charge in [-0.1, -0.05) is 29.3 Å². The van der Waals surface area contributed by atoms with Crippen LogP contribution >= 0.6 is 23.2 Å². The zero-order valence-electron chi connectivity index (χ0n) is 11.4. The molecule has 0 saturated heterocycles. The number of nitriles is 1. The molecule has 1 aromatic rings. The Hall–Kier alpha value is -1.04. The van der Waals surface area contributed by atoms with Crippen LogP contribution in [-0.2, 0) is 4.79 Å². The fourth-order valence-corrected chi connectivity index (χ4v) is 5.20. The molecule has 5 unspecified atom stereocenters. The van der Waals surface area contributed by atoms with Crippen molar-refractivity contribution in [2.75, 3.05) is 0 Å². The van der Waals surface area contributed by atoms with Gasteiger partial charge in [-0.2, -0.15) is 5.26 Å². The van der Waals surface area contributed by atoms with Crippen LogP contribution in [0.2, 0.25) is 10.0 Å². The molecule has 5 atom stereocenters. The Morgan fingerprint density at radius 3 is 2.43 bits per heavy atom. The van der Waals surface area contributed by atoms with Crippen molar-refractivity contribution >= 4 is 29.0 Å².